The van der Waals surface area contributed by atoms with E-state index in [1.54, 1.807) is 24.3 Å². The van der Waals surface area contributed by atoms with E-state index in [-0.39, 0.29) is 24.5 Å². The van der Waals surface area contributed by atoms with Crippen molar-refractivity contribution in [3.05, 3.63) is 138 Å². The van der Waals surface area contributed by atoms with Crippen LogP contribution in [0.5, 0.6) is 0 Å². The lowest BCUT2D eigenvalue weighted by molar-refractivity contribution is -0.264. The average Bonchev–Trinajstić information content (AvgIpc) is 3.04. The fourth-order valence-electron chi connectivity index (χ4n) is 5.03. The molecule has 1 fully saturated rings. The molecule has 0 spiro atoms. The van der Waals surface area contributed by atoms with Gasteiger partial charge in [-0.2, -0.15) is 0 Å². The molecule has 0 aliphatic carbocycles. The molecule has 228 valence electrons. The number of para-hydroxylation sites is 1. The van der Waals surface area contributed by atoms with Gasteiger partial charge in [0.1, 0.15) is 12.2 Å². The molecule has 4 atom stereocenters. The van der Waals surface area contributed by atoms with Gasteiger partial charge in [-0.25, -0.2) is 4.79 Å². The van der Waals surface area contributed by atoms with Gasteiger partial charge >= 0.3 is 5.97 Å². The number of hydrogen-bond acceptors (Lipinski definition) is 7. The Morgan fingerprint density at radius 3 is 1.89 bits per heavy atom. The standard InChI is InChI=1S/C36H37NO7/c1-26(38)37-31-20-12-11-19-30(31)36(39)44-34-21-32(41-23-28-15-7-3-8-16-28)35(42-24-29-17-9-4-10-18-29)33(43-34)25-40-22-27-13-5-2-6-14-27/h2-20,32-35H,21-25H2,1H3,(H,37,38)/t32-,33-,34-,35+/m1/s1. The molecular weight excluding hydrogens is 558 g/mol. The van der Waals surface area contributed by atoms with Crippen LogP contribution in [0, 0.1) is 0 Å². The molecular formula is C36H37NO7. The second-order valence-electron chi connectivity index (χ2n) is 10.6. The molecule has 1 aliphatic heterocycles. The third-order valence-electron chi connectivity index (χ3n) is 7.17. The van der Waals surface area contributed by atoms with Gasteiger partial charge in [0.15, 0.2) is 0 Å². The van der Waals surface area contributed by atoms with Crippen molar-refractivity contribution in [2.75, 3.05) is 11.9 Å². The average molecular weight is 596 g/mol. The van der Waals surface area contributed by atoms with Crippen LogP contribution in [0.4, 0.5) is 5.69 Å². The fraction of sp³-hybridized carbons (Fsp3) is 0.278. The van der Waals surface area contributed by atoms with Gasteiger partial charge in [-0.15, -0.1) is 0 Å². The first-order valence-electron chi connectivity index (χ1n) is 14.7. The van der Waals surface area contributed by atoms with Crippen LogP contribution >= 0.6 is 0 Å². The molecule has 1 heterocycles. The number of anilines is 1. The summed E-state index contributed by atoms with van der Waals surface area (Å²) in [6.45, 7) is 2.66. The topological polar surface area (TPSA) is 92.3 Å². The summed E-state index contributed by atoms with van der Waals surface area (Å²) in [6, 6.07) is 36.3. The molecule has 0 aromatic heterocycles. The lowest BCUT2D eigenvalue weighted by atomic mass is 10.0. The number of nitrogens with one attached hydrogen (secondary N) is 1. The maximum absolute atomic E-state index is 13.3. The van der Waals surface area contributed by atoms with Crippen LogP contribution in [0.1, 0.15) is 40.4 Å². The lowest BCUT2D eigenvalue weighted by Crippen LogP contribution is -2.53. The van der Waals surface area contributed by atoms with Gasteiger partial charge in [-0.05, 0) is 28.8 Å². The minimum atomic E-state index is -0.935. The summed E-state index contributed by atoms with van der Waals surface area (Å²) in [6.07, 6.45) is -2.26. The molecule has 8 heteroatoms. The number of amides is 1. The van der Waals surface area contributed by atoms with Gasteiger partial charge in [0.2, 0.25) is 12.2 Å². The van der Waals surface area contributed by atoms with Crippen LogP contribution in [0.15, 0.2) is 115 Å². The molecule has 44 heavy (non-hydrogen) atoms. The van der Waals surface area contributed by atoms with Crippen LogP contribution in [0.25, 0.3) is 0 Å². The molecule has 0 radical (unpaired) electrons. The monoisotopic (exact) mass is 595 g/mol. The zero-order valence-corrected chi connectivity index (χ0v) is 24.7. The van der Waals surface area contributed by atoms with Gasteiger partial charge < -0.3 is 29.0 Å². The largest absolute Gasteiger partial charge is 0.432 e. The van der Waals surface area contributed by atoms with E-state index in [1.807, 2.05) is 91.0 Å². The molecule has 1 amide bonds. The zero-order chi connectivity index (χ0) is 30.6. The van der Waals surface area contributed by atoms with Crippen LogP contribution in [-0.4, -0.2) is 43.1 Å². The summed E-state index contributed by atoms with van der Waals surface area (Å²) in [5.74, 6) is -0.906. The highest BCUT2D eigenvalue weighted by molar-refractivity contribution is 6.00. The van der Waals surface area contributed by atoms with E-state index >= 15 is 0 Å². The molecule has 4 aromatic carbocycles. The van der Waals surface area contributed by atoms with Gasteiger partial charge in [-0.3, -0.25) is 4.79 Å². The predicted molar refractivity (Wildman–Crippen MR) is 166 cm³/mol. The maximum Gasteiger partial charge on any atom is 0.342 e. The molecule has 0 saturated carbocycles. The van der Waals surface area contributed by atoms with E-state index in [4.69, 9.17) is 23.7 Å². The van der Waals surface area contributed by atoms with E-state index in [2.05, 4.69) is 5.32 Å². The number of ether oxygens (including phenoxy) is 5. The minimum absolute atomic E-state index is 0.191. The number of benzene rings is 4. The van der Waals surface area contributed by atoms with E-state index in [1.165, 1.54) is 6.92 Å². The molecule has 5 rings (SSSR count). The fourth-order valence-corrected chi connectivity index (χ4v) is 5.03. The van der Waals surface area contributed by atoms with E-state index in [9.17, 15) is 9.59 Å². The quantitative estimate of drug-likeness (QED) is 0.181. The van der Waals surface area contributed by atoms with Crippen LogP contribution in [0.2, 0.25) is 0 Å². The Balaban J connectivity index is 1.36. The Labute approximate surface area is 257 Å². The first-order chi connectivity index (χ1) is 21.5. The molecule has 0 bridgehead atoms. The molecule has 1 N–H and O–H groups in total. The Morgan fingerprint density at radius 1 is 0.727 bits per heavy atom. The Morgan fingerprint density at radius 2 is 1.27 bits per heavy atom. The molecule has 1 saturated heterocycles. The summed E-state index contributed by atoms with van der Waals surface area (Å²) in [7, 11) is 0. The molecule has 8 nitrogen and oxygen atoms in total. The van der Waals surface area contributed by atoms with Crippen molar-refractivity contribution in [2.45, 2.75) is 57.8 Å². The second-order valence-corrected chi connectivity index (χ2v) is 10.6. The summed E-state index contributed by atoms with van der Waals surface area (Å²) >= 11 is 0. The Hall–Kier alpha value is -4.34. The van der Waals surface area contributed by atoms with Crippen molar-refractivity contribution in [1.29, 1.82) is 0 Å². The normalized spacial score (nSPS) is 19.7. The number of carbonyl (C=O) groups is 2. The van der Waals surface area contributed by atoms with Crippen molar-refractivity contribution >= 4 is 17.6 Å². The van der Waals surface area contributed by atoms with Gasteiger partial charge in [-0.1, -0.05) is 103 Å². The molecule has 4 aromatic rings. The highest BCUT2D eigenvalue weighted by Crippen LogP contribution is 2.30. The minimum Gasteiger partial charge on any atom is -0.432 e. The first-order valence-corrected chi connectivity index (χ1v) is 14.7. The summed E-state index contributed by atoms with van der Waals surface area (Å²) in [5, 5.41) is 2.69. The Kier molecular flexibility index (Phi) is 11.3. The zero-order valence-electron chi connectivity index (χ0n) is 24.7. The smallest absolute Gasteiger partial charge is 0.342 e. The highest BCUT2D eigenvalue weighted by Gasteiger charge is 2.42. The van der Waals surface area contributed by atoms with Crippen LogP contribution < -0.4 is 5.32 Å². The third kappa shape index (κ3) is 9.08. The van der Waals surface area contributed by atoms with Gasteiger partial charge in [0, 0.05) is 13.3 Å². The SMILES string of the molecule is CC(=O)Nc1ccccc1C(=O)O[C@@H]1C[C@@H](OCc2ccccc2)[C@H](OCc2ccccc2)[C@@H](COCc2ccccc2)O1. The van der Waals surface area contributed by atoms with E-state index < -0.39 is 30.6 Å². The first kappa shape index (κ1) is 31.1. The molecule has 0 unspecified atom stereocenters. The van der Waals surface area contributed by atoms with Gasteiger partial charge in [0.05, 0.1) is 43.8 Å². The van der Waals surface area contributed by atoms with Crippen LogP contribution in [-0.2, 0) is 48.3 Å². The third-order valence-corrected chi connectivity index (χ3v) is 7.17. The van der Waals surface area contributed by atoms with Crippen molar-refractivity contribution < 1.29 is 33.3 Å². The molecule has 1 aliphatic rings. The van der Waals surface area contributed by atoms with E-state index in [0.717, 1.165) is 16.7 Å². The second kappa shape index (κ2) is 15.9. The summed E-state index contributed by atoms with van der Waals surface area (Å²) < 4.78 is 31.3. The lowest BCUT2D eigenvalue weighted by Gasteiger charge is -2.41. The summed E-state index contributed by atoms with van der Waals surface area (Å²) in [5.41, 5.74) is 3.65. The summed E-state index contributed by atoms with van der Waals surface area (Å²) in [4.78, 5) is 25.1. The number of hydrogen-bond donors (Lipinski definition) is 1. The maximum atomic E-state index is 13.3. The predicted octanol–water partition coefficient (Wildman–Crippen LogP) is 6.30. The van der Waals surface area contributed by atoms with Crippen molar-refractivity contribution in [3.63, 3.8) is 0 Å². The van der Waals surface area contributed by atoms with E-state index in [0.29, 0.717) is 25.5 Å². The van der Waals surface area contributed by atoms with Crippen LogP contribution in [0.3, 0.4) is 0 Å². The number of esters is 1. The van der Waals surface area contributed by atoms with Crippen molar-refractivity contribution in [2.24, 2.45) is 0 Å². The van der Waals surface area contributed by atoms with Crippen molar-refractivity contribution in [3.8, 4) is 0 Å². The number of carbonyl (C=O) groups excluding carboxylic acids is 2. The Bertz CT molecular complexity index is 1470. The number of rotatable bonds is 13. The van der Waals surface area contributed by atoms with Crippen molar-refractivity contribution in [1.82, 2.24) is 0 Å². The van der Waals surface area contributed by atoms with Gasteiger partial charge in [0.25, 0.3) is 0 Å². The highest BCUT2D eigenvalue weighted by atomic mass is 16.7.